The van der Waals surface area contributed by atoms with Gasteiger partial charge in [-0.05, 0) is 48.5 Å². The maximum absolute atomic E-state index is 13.6. The van der Waals surface area contributed by atoms with E-state index in [2.05, 4.69) is 5.32 Å². The van der Waals surface area contributed by atoms with Crippen molar-refractivity contribution in [1.29, 1.82) is 0 Å². The Labute approximate surface area is 197 Å². The summed E-state index contributed by atoms with van der Waals surface area (Å²) in [6.07, 6.45) is 0. The van der Waals surface area contributed by atoms with E-state index in [1.165, 1.54) is 26.4 Å². The molecule has 3 aromatic rings. The Morgan fingerprint density at radius 1 is 0.941 bits per heavy atom. The molecule has 1 aliphatic rings. The lowest BCUT2D eigenvalue weighted by Gasteiger charge is -2.26. The first kappa shape index (κ1) is 23.2. The van der Waals surface area contributed by atoms with E-state index in [4.69, 9.17) is 18.9 Å². The lowest BCUT2D eigenvalue weighted by molar-refractivity contribution is -0.114. The Bertz CT molecular complexity index is 1280. The molecule has 0 atom stereocenters. The van der Waals surface area contributed by atoms with Crippen LogP contribution in [-0.4, -0.2) is 48.3 Å². The molecule has 1 amide bonds. The molecule has 0 bridgehead atoms. The number of carbonyl (C=O) groups is 1. The molecule has 3 aromatic carbocycles. The number of rotatable bonds is 8. The van der Waals surface area contributed by atoms with Crippen molar-refractivity contribution in [3.8, 4) is 23.0 Å². The second kappa shape index (κ2) is 9.92. The second-order valence-corrected chi connectivity index (χ2v) is 9.13. The molecular weight excluding hydrogens is 460 g/mol. The van der Waals surface area contributed by atoms with E-state index in [9.17, 15) is 13.2 Å². The predicted molar refractivity (Wildman–Crippen MR) is 127 cm³/mol. The van der Waals surface area contributed by atoms with Crippen LogP contribution in [0.1, 0.15) is 0 Å². The summed E-state index contributed by atoms with van der Waals surface area (Å²) in [6, 6.07) is 17.5. The molecule has 0 spiro atoms. The zero-order valence-electron chi connectivity index (χ0n) is 18.7. The van der Waals surface area contributed by atoms with Crippen LogP contribution in [0.15, 0.2) is 71.6 Å². The lowest BCUT2D eigenvalue weighted by atomic mass is 10.2. The van der Waals surface area contributed by atoms with E-state index in [0.717, 1.165) is 4.31 Å². The van der Waals surface area contributed by atoms with Gasteiger partial charge >= 0.3 is 0 Å². The zero-order valence-corrected chi connectivity index (χ0v) is 19.5. The van der Waals surface area contributed by atoms with E-state index in [-0.39, 0.29) is 10.6 Å². The number of fused-ring (bicyclic) bond motifs is 1. The van der Waals surface area contributed by atoms with Crippen molar-refractivity contribution >= 4 is 27.3 Å². The fourth-order valence-electron chi connectivity index (χ4n) is 3.46. The van der Waals surface area contributed by atoms with Gasteiger partial charge in [0.25, 0.3) is 10.0 Å². The summed E-state index contributed by atoms with van der Waals surface area (Å²) in [5, 5.41) is 2.73. The van der Waals surface area contributed by atoms with Crippen molar-refractivity contribution in [2.24, 2.45) is 0 Å². The second-order valence-electron chi connectivity index (χ2n) is 7.27. The maximum atomic E-state index is 13.6. The molecule has 1 N–H and O–H groups in total. The smallest absolute Gasteiger partial charge is 0.264 e. The third kappa shape index (κ3) is 4.86. The normalized spacial score (nSPS) is 12.5. The summed E-state index contributed by atoms with van der Waals surface area (Å²) in [6.45, 7) is 0.380. The third-order valence-electron chi connectivity index (χ3n) is 5.11. The fourth-order valence-corrected chi connectivity index (χ4v) is 4.89. The molecule has 0 radical (unpaired) electrons. The molecule has 1 heterocycles. The number of amides is 1. The van der Waals surface area contributed by atoms with Crippen LogP contribution in [0.2, 0.25) is 0 Å². The summed E-state index contributed by atoms with van der Waals surface area (Å²) in [7, 11) is -1.19. The molecule has 0 aromatic heterocycles. The van der Waals surface area contributed by atoms with Gasteiger partial charge in [-0.2, -0.15) is 0 Å². The Hall–Kier alpha value is -3.92. The van der Waals surface area contributed by atoms with Crippen molar-refractivity contribution in [2.75, 3.05) is 43.6 Å². The van der Waals surface area contributed by atoms with Crippen LogP contribution in [0.3, 0.4) is 0 Å². The number of ether oxygens (including phenoxy) is 4. The highest BCUT2D eigenvalue weighted by Gasteiger charge is 2.29. The van der Waals surface area contributed by atoms with Crippen LogP contribution < -0.4 is 28.6 Å². The number of methoxy groups -OCH3 is 2. The van der Waals surface area contributed by atoms with E-state index in [1.54, 1.807) is 54.6 Å². The summed E-state index contributed by atoms with van der Waals surface area (Å²) in [5.41, 5.74) is 0.689. The van der Waals surface area contributed by atoms with E-state index < -0.39 is 22.5 Å². The van der Waals surface area contributed by atoms with Crippen LogP contribution in [0.25, 0.3) is 0 Å². The number of para-hydroxylation sites is 2. The first-order valence-corrected chi connectivity index (χ1v) is 11.9. The third-order valence-corrected chi connectivity index (χ3v) is 6.89. The first-order chi connectivity index (χ1) is 16.4. The molecule has 4 rings (SSSR count). The quantitative estimate of drug-likeness (QED) is 0.523. The topological polar surface area (TPSA) is 103 Å². The molecule has 0 aliphatic carbocycles. The van der Waals surface area contributed by atoms with Crippen molar-refractivity contribution < 1.29 is 32.2 Å². The standard InChI is InChI=1S/C24H24N2O7S/c1-30-18-8-10-19(11-9-18)34(28,29)26(20-5-3-4-6-21(20)31-2)16-24(27)25-17-7-12-22-23(15-17)33-14-13-32-22/h3-12,15H,13-14,16H2,1-2H3,(H,25,27). The van der Waals surface area contributed by atoms with Crippen LogP contribution >= 0.6 is 0 Å². The highest BCUT2D eigenvalue weighted by Crippen LogP contribution is 2.34. The van der Waals surface area contributed by atoms with Gasteiger partial charge in [0, 0.05) is 11.8 Å². The minimum Gasteiger partial charge on any atom is -0.497 e. The summed E-state index contributed by atoms with van der Waals surface area (Å²) in [4.78, 5) is 13.0. The van der Waals surface area contributed by atoms with E-state index in [1.807, 2.05) is 0 Å². The minimum absolute atomic E-state index is 0.00587. The number of hydrogen-bond donors (Lipinski definition) is 1. The van der Waals surface area contributed by atoms with Crippen molar-refractivity contribution in [2.45, 2.75) is 4.90 Å². The number of hydrogen-bond acceptors (Lipinski definition) is 7. The van der Waals surface area contributed by atoms with Gasteiger partial charge in [0.2, 0.25) is 5.91 Å². The van der Waals surface area contributed by atoms with Gasteiger partial charge in [-0.25, -0.2) is 8.42 Å². The summed E-state index contributed by atoms with van der Waals surface area (Å²) >= 11 is 0. The Morgan fingerprint density at radius 3 is 2.35 bits per heavy atom. The monoisotopic (exact) mass is 484 g/mol. The Balaban J connectivity index is 1.65. The molecule has 0 saturated heterocycles. The molecule has 178 valence electrons. The van der Waals surface area contributed by atoms with E-state index in [0.29, 0.717) is 41.9 Å². The molecule has 1 aliphatic heterocycles. The summed E-state index contributed by atoms with van der Waals surface area (Å²) < 4.78 is 49.7. The van der Waals surface area contributed by atoms with E-state index >= 15 is 0 Å². The van der Waals surface area contributed by atoms with Crippen LogP contribution in [0.5, 0.6) is 23.0 Å². The number of nitrogens with zero attached hydrogens (tertiary/aromatic N) is 1. The number of benzene rings is 3. The number of carbonyl (C=O) groups excluding carboxylic acids is 1. The fraction of sp³-hybridized carbons (Fsp3) is 0.208. The van der Waals surface area contributed by atoms with Gasteiger partial charge in [0.05, 0.1) is 24.8 Å². The molecule has 0 saturated carbocycles. The molecular formula is C24H24N2O7S. The lowest BCUT2D eigenvalue weighted by Crippen LogP contribution is -2.38. The van der Waals surface area contributed by atoms with Crippen molar-refractivity contribution in [3.05, 3.63) is 66.7 Å². The van der Waals surface area contributed by atoms with Crippen molar-refractivity contribution in [1.82, 2.24) is 0 Å². The average Bonchev–Trinajstić information content (AvgIpc) is 2.87. The van der Waals surface area contributed by atoms with Gasteiger partial charge in [-0.15, -0.1) is 0 Å². The van der Waals surface area contributed by atoms with Crippen LogP contribution in [0.4, 0.5) is 11.4 Å². The van der Waals surface area contributed by atoms with Gasteiger partial charge in [0.1, 0.15) is 31.3 Å². The van der Waals surface area contributed by atoms with Crippen LogP contribution in [0, 0.1) is 0 Å². The van der Waals surface area contributed by atoms with Crippen LogP contribution in [-0.2, 0) is 14.8 Å². The summed E-state index contributed by atoms with van der Waals surface area (Å²) in [5.74, 6) is 1.38. The molecule has 9 nitrogen and oxygen atoms in total. The predicted octanol–water partition coefficient (Wildman–Crippen LogP) is 3.31. The highest BCUT2D eigenvalue weighted by molar-refractivity contribution is 7.92. The van der Waals surface area contributed by atoms with Gasteiger partial charge < -0.3 is 24.3 Å². The molecule has 0 unspecified atom stereocenters. The molecule has 34 heavy (non-hydrogen) atoms. The van der Waals surface area contributed by atoms with Crippen molar-refractivity contribution in [3.63, 3.8) is 0 Å². The first-order valence-electron chi connectivity index (χ1n) is 10.4. The Kier molecular flexibility index (Phi) is 6.78. The zero-order chi connectivity index (χ0) is 24.1. The molecule has 0 fully saturated rings. The van der Waals surface area contributed by atoms with Gasteiger partial charge in [0.15, 0.2) is 11.5 Å². The SMILES string of the molecule is COc1ccc(S(=O)(=O)N(CC(=O)Nc2ccc3c(c2)OCCO3)c2ccccc2OC)cc1. The number of nitrogens with one attached hydrogen (secondary N) is 1. The highest BCUT2D eigenvalue weighted by atomic mass is 32.2. The largest absolute Gasteiger partial charge is 0.497 e. The van der Waals surface area contributed by atoms with Gasteiger partial charge in [-0.3, -0.25) is 9.10 Å². The number of anilines is 2. The maximum Gasteiger partial charge on any atom is 0.264 e. The number of sulfonamides is 1. The van der Waals surface area contributed by atoms with Gasteiger partial charge in [-0.1, -0.05) is 12.1 Å². The molecule has 10 heteroatoms. The Morgan fingerprint density at radius 2 is 1.65 bits per heavy atom. The minimum atomic E-state index is -4.12. The average molecular weight is 485 g/mol.